The van der Waals surface area contributed by atoms with Gasteiger partial charge in [-0.15, -0.1) is 4.83 Å². The van der Waals surface area contributed by atoms with Crippen molar-refractivity contribution < 1.29 is 13.2 Å². The molecule has 0 radical (unpaired) electrons. The Hall–Kier alpha value is -0.920. The predicted octanol–water partition coefficient (Wildman–Crippen LogP) is 1.87. The monoisotopic (exact) mass is 348 g/mol. The minimum Gasteiger partial charge on any atom is -0.277 e. The summed E-state index contributed by atoms with van der Waals surface area (Å²) in [7, 11) is -3.72. The first-order valence-corrected chi connectivity index (χ1v) is 8.29. The normalized spacial score (nSPS) is 13.0. The summed E-state index contributed by atoms with van der Waals surface area (Å²) in [6.07, 6.45) is 1.46. The van der Waals surface area contributed by atoms with Gasteiger partial charge in [-0.3, -0.25) is 10.2 Å². The smallest absolute Gasteiger partial charge is 0.257 e. The number of amides is 1. The zero-order valence-corrected chi connectivity index (χ0v) is 13.2. The molecule has 0 fully saturated rings. The molecule has 0 aliphatic carbocycles. The molecule has 1 atom stereocenters. The number of carbonyl (C=O) groups excluding carboxylic acids is 1. The molecule has 106 valence electrons. The van der Waals surface area contributed by atoms with Crippen LogP contribution in [0.4, 0.5) is 0 Å². The van der Waals surface area contributed by atoms with Crippen molar-refractivity contribution in [3.63, 3.8) is 0 Å². The maximum Gasteiger partial charge on any atom is 0.257 e. The van der Waals surface area contributed by atoms with Gasteiger partial charge in [0.15, 0.2) is 0 Å². The molecule has 0 saturated carbocycles. The summed E-state index contributed by atoms with van der Waals surface area (Å²) in [6, 6.07) is 6.37. The number of rotatable bonds is 6. The van der Waals surface area contributed by atoms with E-state index in [9.17, 15) is 13.2 Å². The fourth-order valence-electron chi connectivity index (χ4n) is 1.36. The zero-order chi connectivity index (χ0) is 14.5. The molecule has 19 heavy (non-hydrogen) atoms. The minimum absolute atomic E-state index is 0.111. The van der Waals surface area contributed by atoms with E-state index in [0.29, 0.717) is 6.42 Å². The van der Waals surface area contributed by atoms with Gasteiger partial charge in [0.25, 0.3) is 10.0 Å². The fraction of sp³-hybridized carbons (Fsp3) is 0.417. The van der Waals surface area contributed by atoms with Crippen LogP contribution in [0.25, 0.3) is 0 Å². The van der Waals surface area contributed by atoms with E-state index in [1.54, 1.807) is 12.1 Å². The topological polar surface area (TPSA) is 75.3 Å². The van der Waals surface area contributed by atoms with Crippen molar-refractivity contribution in [1.82, 2.24) is 10.3 Å². The van der Waals surface area contributed by atoms with E-state index in [-0.39, 0.29) is 4.90 Å². The highest BCUT2D eigenvalue weighted by Crippen LogP contribution is 2.10. The molecule has 0 heterocycles. The molecule has 0 saturated heterocycles. The van der Waals surface area contributed by atoms with E-state index in [0.717, 1.165) is 12.0 Å². The fourth-order valence-corrected chi connectivity index (χ4v) is 2.78. The summed E-state index contributed by atoms with van der Waals surface area (Å²) in [6.45, 7) is 3.81. The lowest BCUT2D eigenvalue weighted by atomic mass is 10.2. The van der Waals surface area contributed by atoms with Crippen LogP contribution >= 0.6 is 15.9 Å². The lowest BCUT2D eigenvalue weighted by Gasteiger charge is -2.11. The SMILES string of the molecule is CCC[C@H](Br)C(=O)NNS(=O)(=O)c1ccc(C)cc1. The number of alkyl halides is 1. The van der Waals surface area contributed by atoms with Crippen LogP contribution in [0.1, 0.15) is 25.3 Å². The van der Waals surface area contributed by atoms with Crippen LogP contribution in [0, 0.1) is 6.92 Å². The van der Waals surface area contributed by atoms with Crippen LogP contribution in [0.15, 0.2) is 29.2 Å². The number of nitrogens with one attached hydrogen (secondary N) is 2. The molecule has 5 nitrogen and oxygen atoms in total. The molecule has 1 aromatic rings. The lowest BCUT2D eigenvalue weighted by Crippen LogP contribution is -2.44. The van der Waals surface area contributed by atoms with Crippen molar-refractivity contribution in [1.29, 1.82) is 0 Å². The quantitative estimate of drug-likeness (QED) is 0.608. The van der Waals surface area contributed by atoms with Crippen LogP contribution in [-0.2, 0) is 14.8 Å². The average molecular weight is 349 g/mol. The Kier molecular flexibility index (Phi) is 5.96. The Morgan fingerprint density at radius 3 is 2.42 bits per heavy atom. The summed E-state index contributed by atoms with van der Waals surface area (Å²) in [4.78, 5) is 13.4. The number of sulfonamides is 1. The molecule has 1 rings (SSSR count). The third-order valence-corrected chi connectivity index (χ3v) is 4.60. The van der Waals surface area contributed by atoms with Crippen molar-refractivity contribution in [2.24, 2.45) is 0 Å². The van der Waals surface area contributed by atoms with Crippen LogP contribution < -0.4 is 10.3 Å². The molecule has 1 aromatic carbocycles. The predicted molar refractivity (Wildman–Crippen MR) is 77.3 cm³/mol. The van der Waals surface area contributed by atoms with Gasteiger partial charge >= 0.3 is 0 Å². The zero-order valence-electron chi connectivity index (χ0n) is 10.8. The van der Waals surface area contributed by atoms with Gasteiger partial charge in [-0.05, 0) is 25.5 Å². The first-order valence-electron chi connectivity index (χ1n) is 5.89. The van der Waals surface area contributed by atoms with E-state index < -0.39 is 20.8 Å². The number of hydrogen-bond acceptors (Lipinski definition) is 3. The maximum atomic E-state index is 11.9. The second-order valence-corrected chi connectivity index (χ2v) is 6.95. The maximum absolute atomic E-state index is 11.9. The highest BCUT2D eigenvalue weighted by atomic mass is 79.9. The second-order valence-electron chi connectivity index (χ2n) is 4.16. The number of carbonyl (C=O) groups is 1. The van der Waals surface area contributed by atoms with Crippen LogP contribution in [0.3, 0.4) is 0 Å². The average Bonchev–Trinajstić information content (AvgIpc) is 2.37. The van der Waals surface area contributed by atoms with Crippen LogP contribution in [0.5, 0.6) is 0 Å². The molecule has 7 heteroatoms. The van der Waals surface area contributed by atoms with Gasteiger partial charge < -0.3 is 0 Å². The number of hydrazine groups is 1. The molecule has 2 N–H and O–H groups in total. The van der Waals surface area contributed by atoms with E-state index in [1.807, 2.05) is 13.8 Å². The molecule has 0 aromatic heterocycles. The molecule has 0 spiro atoms. The van der Waals surface area contributed by atoms with Crippen LogP contribution in [-0.4, -0.2) is 19.2 Å². The second kappa shape index (κ2) is 7.02. The number of hydrogen-bond donors (Lipinski definition) is 2. The molecule has 0 unspecified atom stereocenters. The van der Waals surface area contributed by atoms with Crippen molar-refractivity contribution in [2.75, 3.05) is 0 Å². The van der Waals surface area contributed by atoms with E-state index in [1.165, 1.54) is 12.1 Å². The minimum atomic E-state index is -3.72. The van der Waals surface area contributed by atoms with Gasteiger partial charge in [-0.2, -0.15) is 0 Å². The summed E-state index contributed by atoms with van der Waals surface area (Å²) in [5.74, 6) is -0.405. The number of benzene rings is 1. The number of aryl methyl sites for hydroxylation is 1. The van der Waals surface area contributed by atoms with E-state index in [4.69, 9.17) is 0 Å². The molecule has 0 aliphatic heterocycles. The van der Waals surface area contributed by atoms with Gasteiger partial charge in [-0.25, -0.2) is 8.42 Å². The number of halogens is 1. The Morgan fingerprint density at radius 2 is 1.89 bits per heavy atom. The Bertz CT molecular complexity index is 528. The Balaban J connectivity index is 2.66. The summed E-state index contributed by atoms with van der Waals surface area (Å²) < 4.78 is 23.8. The van der Waals surface area contributed by atoms with Gasteiger partial charge in [0.05, 0.1) is 9.72 Å². The highest BCUT2D eigenvalue weighted by Gasteiger charge is 2.18. The molecule has 0 aliphatic rings. The molecular formula is C12H17BrN2O3S. The Morgan fingerprint density at radius 1 is 1.32 bits per heavy atom. The summed E-state index contributed by atoms with van der Waals surface area (Å²) in [5, 5.41) is 0. The highest BCUT2D eigenvalue weighted by molar-refractivity contribution is 9.10. The third-order valence-electron chi connectivity index (χ3n) is 2.47. The van der Waals surface area contributed by atoms with Gasteiger partial charge in [0.1, 0.15) is 0 Å². The lowest BCUT2D eigenvalue weighted by molar-refractivity contribution is -0.121. The van der Waals surface area contributed by atoms with Crippen molar-refractivity contribution in [3.8, 4) is 0 Å². The Labute approximate surface area is 121 Å². The van der Waals surface area contributed by atoms with Crippen molar-refractivity contribution in [2.45, 2.75) is 36.4 Å². The summed E-state index contributed by atoms with van der Waals surface area (Å²) >= 11 is 3.19. The van der Waals surface area contributed by atoms with Gasteiger partial charge in [0.2, 0.25) is 5.91 Å². The first kappa shape index (κ1) is 16.1. The summed E-state index contributed by atoms with van der Waals surface area (Å²) in [5.41, 5.74) is 3.16. The van der Waals surface area contributed by atoms with E-state index in [2.05, 4.69) is 26.2 Å². The largest absolute Gasteiger partial charge is 0.277 e. The standard InChI is InChI=1S/C12H17BrN2O3S/c1-3-4-11(13)12(16)14-15-19(17,18)10-7-5-9(2)6-8-10/h5-8,11,15H,3-4H2,1-2H3,(H,14,16)/t11-/m0/s1. The van der Waals surface area contributed by atoms with Gasteiger partial charge in [0, 0.05) is 0 Å². The molecule has 1 amide bonds. The third kappa shape index (κ3) is 4.93. The molecule has 0 bridgehead atoms. The van der Waals surface area contributed by atoms with Crippen LogP contribution in [0.2, 0.25) is 0 Å². The first-order chi connectivity index (χ1) is 8.86. The van der Waals surface area contributed by atoms with Crippen molar-refractivity contribution in [3.05, 3.63) is 29.8 Å². The van der Waals surface area contributed by atoms with E-state index >= 15 is 0 Å². The molecular weight excluding hydrogens is 332 g/mol. The van der Waals surface area contributed by atoms with Crippen molar-refractivity contribution >= 4 is 31.9 Å². The van der Waals surface area contributed by atoms with Gasteiger partial charge in [-0.1, -0.05) is 47.0 Å².